The standard InChI is InChI=1S/C23H23N5O2S/c1-25-20(29)15-5-3-14(4-6-15)17-12-28-18-8-7-16(11-19(18)31-22(28)26-17)21(30)27-23(13-24)9-2-10-23/h3-8,11-12H,2,9-10,13,24H2,1H3,(H,25,29)(H,27,30). The Kier molecular flexibility index (Phi) is 4.75. The molecular weight excluding hydrogens is 410 g/mol. The molecule has 0 bridgehead atoms. The summed E-state index contributed by atoms with van der Waals surface area (Å²) in [7, 11) is 1.61. The van der Waals surface area contributed by atoms with Gasteiger partial charge >= 0.3 is 0 Å². The highest BCUT2D eigenvalue weighted by molar-refractivity contribution is 7.23. The lowest BCUT2D eigenvalue weighted by Crippen LogP contribution is -2.58. The van der Waals surface area contributed by atoms with Crippen LogP contribution < -0.4 is 16.4 Å². The molecule has 0 unspecified atom stereocenters. The van der Waals surface area contributed by atoms with E-state index in [0.29, 0.717) is 17.7 Å². The van der Waals surface area contributed by atoms with Crippen LogP contribution in [-0.2, 0) is 0 Å². The molecule has 1 aliphatic rings. The molecule has 1 fully saturated rings. The molecular formula is C23H23N5O2S. The van der Waals surface area contributed by atoms with Crippen LogP contribution in [0.25, 0.3) is 26.4 Å². The zero-order valence-corrected chi connectivity index (χ0v) is 18.0. The van der Waals surface area contributed by atoms with Crippen LogP contribution in [0.1, 0.15) is 40.0 Å². The summed E-state index contributed by atoms with van der Waals surface area (Å²) in [6.45, 7) is 0.473. The second-order valence-electron chi connectivity index (χ2n) is 8.01. The highest BCUT2D eigenvalue weighted by atomic mass is 32.1. The number of imidazole rings is 1. The number of hydrogen-bond donors (Lipinski definition) is 3. The quantitative estimate of drug-likeness (QED) is 0.450. The smallest absolute Gasteiger partial charge is 0.251 e. The minimum Gasteiger partial charge on any atom is -0.355 e. The van der Waals surface area contributed by atoms with Gasteiger partial charge in [0.2, 0.25) is 0 Å². The van der Waals surface area contributed by atoms with E-state index in [1.54, 1.807) is 30.5 Å². The van der Waals surface area contributed by atoms with Crippen molar-refractivity contribution < 1.29 is 9.59 Å². The number of nitrogens with zero attached hydrogens (tertiary/aromatic N) is 2. The minimum absolute atomic E-state index is 0.0741. The van der Waals surface area contributed by atoms with Gasteiger partial charge in [0, 0.05) is 36.5 Å². The lowest BCUT2D eigenvalue weighted by atomic mass is 9.76. The first-order chi connectivity index (χ1) is 15.0. The number of fused-ring (bicyclic) bond motifs is 3. The number of thiazole rings is 1. The van der Waals surface area contributed by atoms with Crippen LogP contribution >= 0.6 is 11.3 Å². The summed E-state index contributed by atoms with van der Waals surface area (Å²) in [6.07, 6.45) is 4.98. The number of nitrogens with two attached hydrogens (primary N) is 1. The van der Waals surface area contributed by atoms with E-state index < -0.39 is 0 Å². The third-order valence-electron chi connectivity index (χ3n) is 6.11. The molecule has 1 aliphatic carbocycles. The molecule has 0 spiro atoms. The summed E-state index contributed by atoms with van der Waals surface area (Å²) in [5, 5.41) is 5.75. The molecule has 1 saturated carbocycles. The average Bonchev–Trinajstić information content (AvgIpc) is 3.33. The molecule has 2 aromatic heterocycles. The lowest BCUT2D eigenvalue weighted by Gasteiger charge is -2.41. The van der Waals surface area contributed by atoms with Crippen molar-refractivity contribution in [3.63, 3.8) is 0 Å². The Morgan fingerprint density at radius 2 is 1.87 bits per heavy atom. The zero-order valence-electron chi connectivity index (χ0n) is 17.1. The molecule has 158 valence electrons. The third-order valence-corrected chi connectivity index (χ3v) is 7.12. The van der Waals surface area contributed by atoms with Crippen molar-refractivity contribution in [3.8, 4) is 11.3 Å². The van der Waals surface area contributed by atoms with Gasteiger partial charge in [0.05, 0.1) is 21.4 Å². The second-order valence-corrected chi connectivity index (χ2v) is 9.02. The second kappa shape index (κ2) is 7.47. The molecule has 4 N–H and O–H groups in total. The first-order valence-electron chi connectivity index (χ1n) is 10.3. The van der Waals surface area contributed by atoms with Gasteiger partial charge in [0.25, 0.3) is 11.8 Å². The van der Waals surface area contributed by atoms with Crippen LogP contribution in [0.2, 0.25) is 0 Å². The summed E-state index contributed by atoms with van der Waals surface area (Å²) in [6, 6.07) is 13.1. The van der Waals surface area contributed by atoms with Crippen LogP contribution in [0, 0.1) is 0 Å². The largest absolute Gasteiger partial charge is 0.355 e. The maximum absolute atomic E-state index is 12.7. The number of aromatic nitrogens is 2. The maximum atomic E-state index is 12.7. The molecule has 0 saturated heterocycles. The van der Waals surface area contributed by atoms with Crippen LogP contribution in [0.15, 0.2) is 48.7 Å². The predicted molar refractivity (Wildman–Crippen MR) is 123 cm³/mol. The summed E-state index contributed by atoms with van der Waals surface area (Å²) in [4.78, 5) is 30.1. The molecule has 2 aromatic carbocycles. The molecule has 0 radical (unpaired) electrons. The molecule has 2 amide bonds. The van der Waals surface area contributed by atoms with Crippen molar-refractivity contribution in [2.24, 2.45) is 5.73 Å². The Balaban J connectivity index is 1.43. The SMILES string of the molecule is CNC(=O)c1ccc(-c2cn3c(n2)sc2cc(C(=O)NC4(CN)CCC4)ccc23)cc1. The number of amides is 2. The molecule has 5 rings (SSSR count). The first-order valence-corrected chi connectivity index (χ1v) is 11.1. The van der Waals surface area contributed by atoms with Crippen molar-refractivity contribution >= 4 is 38.3 Å². The topological polar surface area (TPSA) is 102 Å². The van der Waals surface area contributed by atoms with Gasteiger partial charge in [-0.2, -0.15) is 0 Å². The minimum atomic E-state index is -0.238. The monoisotopic (exact) mass is 433 g/mol. The van der Waals surface area contributed by atoms with Gasteiger partial charge in [-0.3, -0.25) is 14.0 Å². The van der Waals surface area contributed by atoms with Gasteiger partial charge in [-0.25, -0.2) is 4.98 Å². The van der Waals surface area contributed by atoms with Gasteiger partial charge in [-0.1, -0.05) is 23.5 Å². The lowest BCUT2D eigenvalue weighted by molar-refractivity contribution is 0.0837. The van der Waals surface area contributed by atoms with E-state index in [1.807, 2.05) is 40.9 Å². The van der Waals surface area contributed by atoms with E-state index >= 15 is 0 Å². The number of nitrogens with one attached hydrogen (secondary N) is 2. The molecule has 4 aromatic rings. The number of hydrogen-bond acceptors (Lipinski definition) is 5. The summed E-state index contributed by atoms with van der Waals surface area (Å²) in [5.41, 5.74) is 9.68. The summed E-state index contributed by atoms with van der Waals surface area (Å²) in [5.74, 6) is -0.187. The van der Waals surface area contributed by atoms with E-state index in [-0.39, 0.29) is 17.4 Å². The van der Waals surface area contributed by atoms with Gasteiger partial charge in [0.15, 0.2) is 4.96 Å². The van der Waals surface area contributed by atoms with E-state index in [2.05, 4.69) is 10.6 Å². The molecule has 0 atom stereocenters. The van der Waals surface area contributed by atoms with Gasteiger partial charge in [-0.15, -0.1) is 0 Å². The third kappa shape index (κ3) is 3.37. The van der Waals surface area contributed by atoms with Gasteiger partial charge in [0.1, 0.15) is 0 Å². The molecule has 2 heterocycles. The van der Waals surface area contributed by atoms with Crippen LogP contribution in [-0.4, -0.2) is 40.3 Å². The summed E-state index contributed by atoms with van der Waals surface area (Å²) < 4.78 is 3.05. The van der Waals surface area contributed by atoms with Crippen molar-refractivity contribution in [2.45, 2.75) is 24.8 Å². The zero-order chi connectivity index (χ0) is 21.6. The molecule has 31 heavy (non-hydrogen) atoms. The average molecular weight is 434 g/mol. The van der Waals surface area contributed by atoms with Crippen molar-refractivity contribution in [1.82, 2.24) is 20.0 Å². The Hall–Kier alpha value is -3.23. The van der Waals surface area contributed by atoms with Crippen molar-refractivity contribution in [3.05, 3.63) is 59.8 Å². The highest BCUT2D eigenvalue weighted by Gasteiger charge is 2.37. The molecule has 7 nitrogen and oxygen atoms in total. The summed E-state index contributed by atoms with van der Waals surface area (Å²) >= 11 is 1.55. The number of rotatable bonds is 5. The first kappa shape index (κ1) is 19.7. The van der Waals surface area contributed by atoms with Crippen LogP contribution in [0.4, 0.5) is 0 Å². The fourth-order valence-electron chi connectivity index (χ4n) is 4.01. The van der Waals surface area contributed by atoms with Gasteiger partial charge in [-0.05, 0) is 49.6 Å². The maximum Gasteiger partial charge on any atom is 0.251 e. The van der Waals surface area contributed by atoms with E-state index in [9.17, 15) is 9.59 Å². The van der Waals surface area contributed by atoms with Crippen molar-refractivity contribution in [1.29, 1.82) is 0 Å². The molecule has 0 aliphatic heterocycles. The normalized spacial score (nSPS) is 15.0. The number of carbonyl (C=O) groups is 2. The van der Waals surface area contributed by atoms with E-state index in [4.69, 9.17) is 10.7 Å². The number of benzene rings is 2. The highest BCUT2D eigenvalue weighted by Crippen LogP contribution is 2.32. The Morgan fingerprint density at radius 3 is 2.52 bits per heavy atom. The Bertz CT molecular complexity index is 1300. The fourth-order valence-corrected chi connectivity index (χ4v) is 5.06. The number of carbonyl (C=O) groups excluding carboxylic acids is 2. The fraction of sp³-hybridized carbons (Fsp3) is 0.261. The van der Waals surface area contributed by atoms with E-state index in [1.165, 1.54) is 0 Å². The van der Waals surface area contributed by atoms with Crippen LogP contribution in [0.3, 0.4) is 0 Å². The Labute approximate surface area is 183 Å². The molecule has 8 heteroatoms. The predicted octanol–water partition coefficient (Wildman–Crippen LogP) is 3.19. The Morgan fingerprint density at radius 1 is 1.13 bits per heavy atom. The van der Waals surface area contributed by atoms with Gasteiger partial charge < -0.3 is 16.4 Å². The van der Waals surface area contributed by atoms with E-state index in [0.717, 1.165) is 45.7 Å². The van der Waals surface area contributed by atoms with Crippen molar-refractivity contribution in [2.75, 3.05) is 13.6 Å². The van der Waals surface area contributed by atoms with Crippen LogP contribution in [0.5, 0.6) is 0 Å².